The summed E-state index contributed by atoms with van der Waals surface area (Å²) in [5.74, 6) is -0.00707. The third-order valence-electron chi connectivity index (χ3n) is 2.25. The van der Waals surface area contributed by atoms with Crippen LogP contribution in [-0.2, 0) is 0 Å². The average Bonchev–Trinajstić information content (AvgIpc) is 2.21. The fraction of sp³-hybridized carbons (Fsp3) is 0.500. The summed E-state index contributed by atoms with van der Waals surface area (Å²) >= 11 is 8.95. The molecule has 0 aliphatic rings. The molecule has 0 fully saturated rings. The highest BCUT2D eigenvalue weighted by Gasteiger charge is 2.19. The molecule has 5 heteroatoms. The van der Waals surface area contributed by atoms with Crippen molar-refractivity contribution in [3.8, 4) is 5.75 Å². The lowest BCUT2D eigenvalue weighted by molar-refractivity contribution is 0.178. The lowest BCUT2D eigenvalue weighted by atomic mass is 9.95. The van der Waals surface area contributed by atoms with Crippen molar-refractivity contribution in [2.45, 2.75) is 13.8 Å². The molecular formula is C12H16BrClFNO. The third-order valence-corrected chi connectivity index (χ3v) is 3.16. The van der Waals surface area contributed by atoms with E-state index < -0.39 is 5.82 Å². The van der Waals surface area contributed by atoms with E-state index in [4.69, 9.17) is 16.3 Å². The Labute approximate surface area is 115 Å². The van der Waals surface area contributed by atoms with E-state index >= 15 is 0 Å². The molecule has 0 radical (unpaired) electrons. The highest BCUT2D eigenvalue weighted by atomic mass is 79.9. The predicted molar refractivity (Wildman–Crippen MR) is 72.3 cm³/mol. The van der Waals surface area contributed by atoms with E-state index in [1.54, 1.807) is 0 Å². The molecule has 0 spiro atoms. The molecule has 2 nitrogen and oxygen atoms in total. The summed E-state index contributed by atoms with van der Waals surface area (Å²) in [5, 5.41) is 3.17. The smallest absolute Gasteiger partial charge is 0.145 e. The van der Waals surface area contributed by atoms with Crippen molar-refractivity contribution in [2.24, 2.45) is 5.41 Å². The predicted octanol–water partition coefficient (Wildman–Crippen LogP) is 3.87. The van der Waals surface area contributed by atoms with E-state index in [2.05, 4.69) is 35.1 Å². The van der Waals surface area contributed by atoms with Crippen molar-refractivity contribution in [1.29, 1.82) is 0 Å². The van der Waals surface area contributed by atoms with Gasteiger partial charge < -0.3 is 10.1 Å². The van der Waals surface area contributed by atoms with Crippen LogP contribution in [0.4, 0.5) is 4.39 Å². The summed E-state index contributed by atoms with van der Waals surface area (Å²) < 4.78 is 19.5. The summed E-state index contributed by atoms with van der Waals surface area (Å²) in [7, 11) is 1.89. The van der Waals surface area contributed by atoms with Gasteiger partial charge in [-0.1, -0.05) is 25.4 Å². The molecule has 0 atom stereocenters. The topological polar surface area (TPSA) is 21.3 Å². The molecule has 1 N–H and O–H groups in total. The van der Waals surface area contributed by atoms with Gasteiger partial charge in [-0.05, 0) is 29.0 Å². The standard InChI is InChI=1S/C12H16BrClFNO/c1-12(2,6-16-3)7-17-11-5-10(15)9(14)4-8(11)13/h4-5,16H,6-7H2,1-3H3. The fourth-order valence-electron chi connectivity index (χ4n) is 1.42. The second-order valence-electron chi connectivity index (χ2n) is 4.68. The SMILES string of the molecule is CNCC(C)(C)COc1cc(F)c(Cl)cc1Br. The molecule has 1 aromatic carbocycles. The van der Waals surface area contributed by atoms with Crippen molar-refractivity contribution in [3.05, 3.63) is 27.4 Å². The van der Waals surface area contributed by atoms with Crippen LogP contribution in [0.5, 0.6) is 5.75 Å². The van der Waals surface area contributed by atoms with E-state index in [1.807, 2.05) is 7.05 Å². The maximum absolute atomic E-state index is 13.3. The van der Waals surface area contributed by atoms with Crippen LogP contribution >= 0.6 is 27.5 Å². The van der Waals surface area contributed by atoms with Crippen LogP contribution in [0, 0.1) is 11.2 Å². The quantitative estimate of drug-likeness (QED) is 0.830. The first-order chi connectivity index (χ1) is 7.85. The summed E-state index contributed by atoms with van der Waals surface area (Å²) in [6, 6.07) is 2.79. The zero-order valence-corrected chi connectivity index (χ0v) is 12.5. The van der Waals surface area contributed by atoms with E-state index in [0.29, 0.717) is 16.8 Å². The minimum atomic E-state index is -0.476. The summed E-state index contributed by atoms with van der Waals surface area (Å²) in [6.45, 7) is 5.46. The zero-order chi connectivity index (χ0) is 13.1. The van der Waals surface area contributed by atoms with Crippen LogP contribution in [0.25, 0.3) is 0 Å². The Balaban J connectivity index is 2.73. The second kappa shape index (κ2) is 6.03. The molecule has 1 aromatic rings. The lowest BCUT2D eigenvalue weighted by Crippen LogP contribution is -2.32. The van der Waals surface area contributed by atoms with E-state index in [9.17, 15) is 4.39 Å². The largest absolute Gasteiger partial charge is 0.492 e. The molecule has 0 aromatic heterocycles. The average molecular weight is 325 g/mol. The number of benzene rings is 1. The van der Waals surface area contributed by atoms with E-state index in [1.165, 1.54) is 12.1 Å². The van der Waals surface area contributed by atoms with Crippen LogP contribution in [0.1, 0.15) is 13.8 Å². The number of rotatable bonds is 5. The molecule has 0 unspecified atom stereocenters. The molecule has 0 bridgehead atoms. The Morgan fingerprint density at radius 1 is 1.47 bits per heavy atom. The van der Waals surface area contributed by atoms with Crippen molar-refractivity contribution in [1.82, 2.24) is 5.32 Å². The molecule has 0 saturated carbocycles. The molecule has 0 aliphatic heterocycles. The van der Waals surface area contributed by atoms with Gasteiger partial charge in [0.05, 0.1) is 16.1 Å². The number of hydrogen-bond acceptors (Lipinski definition) is 2. The maximum Gasteiger partial charge on any atom is 0.145 e. The molecule has 0 aliphatic carbocycles. The first kappa shape index (κ1) is 14.7. The van der Waals surface area contributed by atoms with Crippen molar-refractivity contribution < 1.29 is 9.13 Å². The molecule has 0 heterocycles. The van der Waals surface area contributed by atoms with Gasteiger partial charge in [-0.3, -0.25) is 0 Å². The first-order valence-electron chi connectivity index (χ1n) is 5.28. The fourth-order valence-corrected chi connectivity index (χ4v) is 2.17. The van der Waals surface area contributed by atoms with Crippen LogP contribution in [0.2, 0.25) is 5.02 Å². The maximum atomic E-state index is 13.3. The molecule has 0 saturated heterocycles. The van der Waals surface area contributed by atoms with Gasteiger partial charge in [0.2, 0.25) is 0 Å². The summed E-state index contributed by atoms with van der Waals surface area (Å²) in [4.78, 5) is 0. The second-order valence-corrected chi connectivity index (χ2v) is 5.94. The van der Waals surface area contributed by atoms with Crippen LogP contribution < -0.4 is 10.1 Å². The van der Waals surface area contributed by atoms with E-state index in [0.717, 1.165) is 6.54 Å². The number of nitrogens with one attached hydrogen (secondary N) is 1. The third kappa shape index (κ3) is 4.45. The summed E-state index contributed by atoms with van der Waals surface area (Å²) in [6.07, 6.45) is 0. The van der Waals surface area contributed by atoms with Crippen LogP contribution in [0.3, 0.4) is 0 Å². The number of ether oxygens (including phenoxy) is 1. The lowest BCUT2D eigenvalue weighted by Gasteiger charge is -2.24. The van der Waals surface area contributed by atoms with Gasteiger partial charge in [0, 0.05) is 18.0 Å². The van der Waals surface area contributed by atoms with Gasteiger partial charge in [-0.15, -0.1) is 0 Å². The Morgan fingerprint density at radius 2 is 2.12 bits per heavy atom. The first-order valence-corrected chi connectivity index (χ1v) is 6.45. The zero-order valence-electron chi connectivity index (χ0n) is 10.1. The highest BCUT2D eigenvalue weighted by Crippen LogP contribution is 2.31. The monoisotopic (exact) mass is 323 g/mol. The molecule has 0 amide bonds. The van der Waals surface area contributed by atoms with Crippen LogP contribution in [0.15, 0.2) is 16.6 Å². The Morgan fingerprint density at radius 3 is 2.71 bits per heavy atom. The Kier molecular flexibility index (Phi) is 5.22. The minimum Gasteiger partial charge on any atom is -0.492 e. The molecule has 1 rings (SSSR count). The van der Waals surface area contributed by atoms with Gasteiger partial charge in [0.15, 0.2) is 0 Å². The summed E-state index contributed by atoms with van der Waals surface area (Å²) in [5.41, 5.74) is -0.0235. The number of halogens is 3. The van der Waals surface area contributed by atoms with Gasteiger partial charge in [0.1, 0.15) is 11.6 Å². The number of hydrogen-bond donors (Lipinski definition) is 1. The van der Waals surface area contributed by atoms with Crippen molar-refractivity contribution >= 4 is 27.5 Å². The molecular weight excluding hydrogens is 308 g/mol. The highest BCUT2D eigenvalue weighted by molar-refractivity contribution is 9.10. The van der Waals surface area contributed by atoms with Crippen molar-refractivity contribution in [3.63, 3.8) is 0 Å². The van der Waals surface area contributed by atoms with Gasteiger partial charge in [0.25, 0.3) is 0 Å². The minimum absolute atomic E-state index is 0.0235. The van der Waals surface area contributed by atoms with Crippen LogP contribution in [-0.4, -0.2) is 20.2 Å². The van der Waals surface area contributed by atoms with E-state index in [-0.39, 0.29) is 10.4 Å². The Hall–Kier alpha value is -0.320. The normalized spacial score (nSPS) is 11.6. The molecule has 17 heavy (non-hydrogen) atoms. The Bertz CT molecular complexity index is 398. The van der Waals surface area contributed by atoms with Gasteiger partial charge in [-0.2, -0.15) is 0 Å². The van der Waals surface area contributed by atoms with Crippen molar-refractivity contribution in [2.75, 3.05) is 20.2 Å². The van der Waals surface area contributed by atoms with Gasteiger partial charge in [-0.25, -0.2) is 4.39 Å². The molecule has 96 valence electrons. The van der Waals surface area contributed by atoms with Gasteiger partial charge >= 0.3 is 0 Å².